The van der Waals surface area contributed by atoms with E-state index in [1.807, 2.05) is 66.7 Å². The Morgan fingerprint density at radius 3 is 1.77 bits per heavy atom. The third kappa shape index (κ3) is 5.25. The first-order chi connectivity index (χ1) is 25.7. The molecule has 5 nitrogen and oxygen atoms in total. The van der Waals surface area contributed by atoms with E-state index in [0.29, 0.717) is 23.4 Å². The molecule has 1 radical (unpaired) electrons. The van der Waals surface area contributed by atoms with Crippen LogP contribution in [0.4, 0.5) is 0 Å². The molecule has 0 aliphatic carbocycles. The molecule has 0 saturated heterocycles. The van der Waals surface area contributed by atoms with E-state index < -0.39 is 0 Å². The van der Waals surface area contributed by atoms with Crippen molar-refractivity contribution >= 4 is 63.9 Å². The number of hydrogen-bond donors (Lipinski definition) is 0. The minimum absolute atomic E-state index is 0.609. The summed E-state index contributed by atoms with van der Waals surface area (Å²) in [6.07, 6.45) is 0. The molecule has 2 aromatic heterocycles. The molecule has 2 heterocycles. The Hall–Kier alpha value is -6.46. The quantitative estimate of drug-likeness (QED) is 0.130. The third-order valence-corrected chi connectivity index (χ3v) is 10.5. The Bertz CT molecular complexity index is 2980. The Kier molecular flexibility index (Phi) is 7.24. The number of fused-ring (bicyclic) bond motifs is 5. The van der Waals surface area contributed by atoms with Crippen LogP contribution in [0.1, 0.15) is 0 Å². The van der Waals surface area contributed by atoms with E-state index in [9.17, 15) is 0 Å². The molecule has 0 amide bonds. The van der Waals surface area contributed by atoms with E-state index in [1.165, 1.54) is 10.8 Å². The van der Waals surface area contributed by atoms with Crippen LogP contribution in [0.15, 0.2) is 168 Å². The number of hydrogen-bond acceptors (Lipinski definition) is 5. The summed E-state index contributed by atoms with van der Waals surface area (Å²) < 4.78 is 7.15. The van der Waals surface area contributed by atoms with E-state index >= 15 is 0 Å². The number of nitrogens with zero attached hydrogens (tertiary/aromatic N) is 4. The van der Waals surface area contributed by atoms with Gasteiger partial charge in [-0.2, -0.15) is 0 Å². The SMILES string of the molecule is [Se]c1c(-c2cccc3ccc4cc(-c5nc(-c6ccccc6)nc(-c6ccc7ccccc7c6)n5)ccc4c23)ccc2oc(-c3ccccc3)nc12. The standard InChI is InChI=1S/C46H27N4OSe/c52-42-38(24-25-39-41(42)47-46(51-39)31-13-5-2-6-14-31)37-17-9-16-29-19-20-33-27-35(22-23-36(33)40(29)37)45-49-43(30-11-3-1-4-12-30)48-44(50-45)34-21-18-28-10-7-8-15-32(28)26-34/h1-27H. The van der Waals surface area contributed by atoms with Crippen LogP contribution in [-0.4, -0.2) is 35.9 Å². The fourth-order valence-electron chi connectivity index (χ4n) is 7.05. The first kappa shape index (κ1) is 30.4. The van der Waals surface area contributed by atoms with Crippen LogP contribution in [0.3, 0.4) is 0 Å². The molecule has 243 valence electrons. The van der Waals surface area contributed by atoms with Gasteiger partial charge in [-0.25, -0.2) is 0 Å². The number of benzene rings is 8. The van der Waals surface area contributed by atoms with Crippen LogP contribution in [-0.2, 0) is 0 Å². The maximum absolute atomic E-state index is 6.18. The number of oxazole rings is 1. The van der Waals surface area contributed by atoms with E-state index in [0.717, 1.165) is 70.5 Å². The van der Waals surface area contributed by atoms with Crippen LogP contribution in [0.2, 0.25) is 0 Å². The second-order valence-corrected chi connectivity index (χ2v) is 13.7. The molecule has 0 N–H and O–H groups in total. The zero-order valence-corrected chi connectivity index (χ0v) is 29.4. The predicted octanol–water partition coefficient (Wildman–Crippen LogP) is 10.6. The Labute approximate surface area is 307 Å². The summed E-state index contributed by atoms with van der Waals surface area (Å²) >= 11 is 3.32. The summed E-state index contributed by atoms with van der Waals surface area (Å²) in [4.78, 5) is 20.0. The molecule has 10 aromatic rings. The molecule has 0 bridgehead atoms. The summed E-state index contributed by atoms with van der Waals surface area (Å²) in [6.45, 7) is 0. The van der Waals surface area contributed by atoms with Crippen molar-refractivity contribution in [1.29, 1.82) is 0 Å². The summed E-state index contributed by atoms with van der Waals surface area (Å²) in [7, 11) is 0. The molecule has 6 heteroatoms. The van der Waals surface area contributed by atoms with Crippen molar-refractivity contribution in [3.8, 4) is 56.7 Å². The number of rotatable bonds is 5. The van der Waals surface area contributed by atoms with Crippen LogP contribution in [0.5, 0.6) is 0 Å². The topological polar surface area (TPSA) is 64.7 Å². The van der Waals surface area contributed by atoms with Gasteiger partial charge in [0.15, 0.2) is 0 Å². The molecule has 0 aliphatic heterocycles. The molecule has 0 aliphatic rings. The van der Waals surface area contributed by atoms with Crippen LogP contribution >= 0.6 is 0 Å². The Morgan fingerprint density at radius 1 is 0.404 bits per heavy atom. The second kappa shape index (κ2) is 12.4. The molecule has 52 heavy (non-hydrogen) atoms. The predicted molar refractivity (Wildman–Crippen MR) is 212 cm³/mol. The van der Waals surface area contributed by atoms with Gasteiger partial charge < -0.3 is 0 Å². The molecular formula is C46H27N4OSe. The third-order valence-electron chi connectivity index (χ3n) is 9.62. The van der Waals surface area contributed by atoms with Gasteiger partial charge in [-0.3, -0.25) is 0 Å². The van der Waals surface area contributed by atoms with E-state index in [-0.39, 0.29) is 0 Å². The molecular weight excluding hydrogens is 703 g/mol. The molecule has 8 aromatic carbocycles. The van der Waals surface area contributed by atoms with Gasteiger partial charge >= 0.3 is 225 Å². The van der Waals surface area contributed by atoms with Crippen molar-refractivity contribution < 1.29 is 4.42 Å². The zero-order valence-electron chi connectivity index (χ0n) is 27.7. The van der Waals surface area contributed by atoms with Crippen LogP contribution in [0.25, 0.3) is 100 Å². The average molecular weight is 731 g/mol. The van der Waals surface area contributed by atoms with Crippen molar-refractivity contribution in [2.75, 3.05) is 0 Å². The van der Waals surface area contributed by atoms with E-state index in [2.05, 4.69) is 113 Å². The summed E-state index contributed by atoms with van der Waals surface area (Å²) in [6, 6.07) is 56.3. The van der Waals surface area contributed by atoms with Crippen molar-refractivity contribution in [3.05, 3.63) is 164 Å². The van der Waals surface area contributed by atoms with Crippen LogP contribution in [0, 0.1) is 0 Å². The maximum atomic E-state index is 6.18. The normalized spacial score (nSPS) is 11.5. The first-order valence-corrected chi connectivity index (χ1v) is 17.9. The molecule has 0 saturated carbocycles. The van der Waals surface area contributed by atoms with Gasteiger partial charge in [0.25, 0.3) is 0 Å². The summed E-state index contributed by atoms with van der Waals surface area (Å²) in [5.74, 6) is 2.52. The Balaban J connectivity index is 1.12. The molecule has 0 unspecified atom stereocenters. The van der Waals surface area contributed by atoms with Gasteiger partial charge in [0, 0.05) is 0 Å². The first-order valence-electron chi connectivity index (χ1n) is 17.1. The molecule has 0 fully saturated rings. The molecule has 0 spiro atoms. The molecule has 0 atom stereocenters. The van der Waals surface area contributed by atoms with Gasteiger partial charge in [-0.05, 0) is 16.8 Å². The van der Waals surface area contributed by atoms with Crippen molar-refractivity contribution in [2.45, 2.75) is 0 Å². The van der Waals surface area contributed by atoms with Crippen molar-refractivity contribution in [2.24, 2.45) is 0 Å². The van der Waals surface area contributed by atoms with Gasteiger partial charge in [0.1, 0.15) is 0 Å². The van der Waals surface area contributed by atoms with Crippen molar-refractivity contribution in [1.82, 2.24) is 19.9 Å². The summed E-state index contributed by atoms with van der Waals surface area (Å²) in [5.41, 5.74) is 7.54. The van der Waals surface area contributed by atoms with Gasteiger partial charge in [0.05, 0.1) is 0 Å². The van der Waals surface area contributed by atoms with Gasteiger partial charge in [-0.15, -0.1) is 0 Å². The fourth-order valence-corrected chi connectivity index (χ4v) is 7.73. The van der Waals surface area contributed by atoms with Crippen molar-refractivity contribution in [3.63, 3.8) is 0 Å². The number of aromatic nitrogens is 4. The fraction of sp³-hybridized carbons (Fsp3) is 0. The Morgan fingerprint density at radius 2 is 1.00 bits per heavy atom. The monoisotopic (exact) mass is 731 g/mol. The molecule has 10 rings (SSSR count). The van der Waals surface area contributed by atoms with Crippen LogP contribution < -0.4 is 4.46 Å². The van der Waals surface area contributed by atoms with E-state index in [1.54, 1.807) is 0 Å². The van der Waals surface area contributed by atoms with Gasteiger partial charge in [0.2, 0.25) is 0 Å². The summed E-state index contributed by atoms with van der Waals surface area (Å²) in [5, 5.41) is 6.90. The minimum atomic E-state index is 0.609. The van der Waals surface area contributed by atoms with Gasteiger partial charge in [-0.1, -0.05) is 66.7 Å². The average Bonchev–Trinajstić information content (AvgIpc) is 3.66. The van der Waals surface area contributed by atoms with E-state index in [4.69, 9.17) is 24.4 Å². The second-order valence-electron chi connectivity index (χ2n) is 12.8. The zero-order chi connectivity index (χ0) is 34.6.